The standard InChI is InChI=1S/C23H29ClN2O4/c1-3-10-30-22-20(24)14-18(15-21(22)29-4-2)23(27)25-19-7-5-6-17(13-19)16-26-8-11-28-12-9-26/h5-7,13-15H,3-4,8-12,16H2,1-2H3,(H,25,27). The minimum Gasteiger partial charge on any atom is -0.490 e. The normalized spacial score (nSPS) is 14.4. The van der Waals surface area contributed by atoms with E-state index in [0.717, 1.165) is 50.5 Å². The molecule has 2 aromatic carbocycles. The highest BCUT2D eigenvalue weighted by Crippen LogP contribution is 2.37. The van der Waals surface area contributed by atoms with E-state index in [2.05, 4.69) is 16.3 Å². The van der Waals surface area contributed by atoms with Crippen molar-refractivity contribution >= 4 is 23.2 Å². The summed E-state index contributed by atoms with van der Waals surface area (Å²) in [5, 5.41) is 3.32. The van der Waals surface area contributed by atoms with Crippen molar-refractivity contribution in [1.29, 1.82) is 0 Å². The quantitative estimate of drug-likeness (QED) is 0.626. The molecule has 1 amide bonds. The van der Waals surface area contributed by atoms with Crippen molar-refractivity contribution < 1.29 is 19.0 Å². The number of nitrogens with zero attached hydrogens (tertiary/aromatic N) is 1. The third-order valence-electron chi connectivity index (χ3n) is 4.72. The second-order valence-corrected chi connectivity index (χ2v) is 7.52. The summed E-state index contributed by atoms with van der Waals surface area (Å²) < 4.78 is 16.8. The average molecular weight is 433 g/mol. The Bertz CT molecular complexity index is 853. The SMILES string of the molecule is CCCOc1c(Cl)cc(C(=O)Nc2cccc(CN3CCOCC3)c2)cc1OCC. The molecule has 1 saturated heterocycles. The van der Waals surface area contributed by atoms with Gasteiger partial charge in [0, 0.05) is 30.9 Å². The summed E-state index contributed by atoms with van der Waals surface area (Å²) in [6.45, 7) is 9.07. The van der Waals surface area contributed by atoms with Gasteiger partial charge in [0.15, 0.2) is 11.5 Å². The summed E-state index contributed by atoms with van der Waals surface area (Å²) in [7, 11) is 0. The number of carbonyl (C=O) groups excluding carboxylic acids is 1. The van der Waals surface area contributed by atoms with Crippen molar-refractivity contribution in [3.8, 4) is 11.5 Å². The van der Waals surface area contributed by atoms with Crippen molar-refractivity contribution in [1.82, 2.24) is 4.90 Å². The van der Waals surface area contributed by atoms with Gasteiger partial charge in [-0.15, -0.1) is 0 Å². The highest BCUT2D eigenvalue weighted by atomic mass is 35.5. The van der Waals surface area contributed by atoms with Crippen molar-refractivity contribution in [2.45, 2.75) is 26.8 Å². The topological polar surface area (TPSA) is 60.0 Å². The van der Waals surface area contributed by atoms with Crippen molar-refractivity contribution in [2.24, 2.45) is 0 Å². The molecule has 6 nitrogen and oxygen atoms in total. The van der Waals surface area contributed by atoms with Gasteiger partial charge in [0.25, 0.3) is 5.91 Å². The number of benzene rings is 2. The fraction of sp³-hybridized carbons (Fsp3) is 0.435. The number of hydrogen-bond acceptors (Lipinski definition) is 5. The lowest BCUT2D eigenvalue weighted by molar-refractivity contribution is 0.0342. The van der Waals surface area contributed by atoms with Gasteiger partial charge in [-0.2, -0.15) is 0 Å². The lowest BCUT2D eigenvalue weighted by atomic mass is 10.1. The van der Waals surface area contributed by atoms with Crippen LogP contribution >= 0.6 is 11.6 Å². The molecule has 0 atom stereocenters. The fourth-order valence-corrected chi connectivity index (χ4v) is 3.54. The Morgan fingerprint density at radius 1 is 1.17 bits per heavy atom. The molecule has 0 aliphatic carbocycles. The van der Waals surface area contributed by atoms with Gasteiger partial charge in [-0.25, -0.2) is 0 Å². The van der Waals surface area contributed by atoms with E-state index in [0.29, 0.717) is 35.3 Å². The van der Waals surface area contributed by atoms with E-state index in [-0.39, 0.29) is 5.91 Å². The Labute approximate surface area is 183 Å². The first-order valence-electron chi connectivity index (χ1n) is 10.4. The molecule has 0 saturated carbocycles. The van der Waals surface area contributed by atoms with Gasteiger partial charge >= 0.3 is 0 Å². The number of hydrogen-bond donors (Lipinski definition) is 1. The molecule has 2 aromatic rings. The predicted octanol–water partition coefficient (Wildman–Crippen LogP) is 4.61. The van der Waals surface area contributed by atoms with E-state index >= 15 is 0 Å². The Hall–Kier alpha value is -2.28. The van der Waals surface area contributed by atoms with E-state index < -0.39 is 0 Å². The molecular formula is C23H29ClN2O4. The number of nitrogens with one attached hydrogen (secondary N) is 1. The van der Waals surface area contributed by atoms with Crippen LogP contribution in [0.4, 0.5) is 5.69 Å². The van der Waals surface area contributed by atoms with Gasteiger partial charge in [-0.3, -0.25) is 9.69 Å². The second-order valence-electron chi connectivity index (χ2n) is 7.11. The summed E-state index contributed by atoms with van der Waals surface area (Å²) in [6.07, 6.45) is 0.852. The molecule has 1 aliphatic rings. The molecule has 1 heterocycles. The first-order chi connectivity index (χ1) is 14.6. The number of ether oxygens (including phenoxy) is 3. The summed E-state index contributed by atoms with van der Waals surface area (Å²) in [5.74, 6) is 0.706. The molecule has 1 N–H and O–H groups in total. The van der Waals surface area contributed by atoms with Crippen molar-refractivity contribution in [3.05, 3.63) is 52.5 Å². The molecule has 0 aromatic heterocycles. The molecule has 30 heavy (non-hydrogen) atoms. The average Bonchev–Trinajstić information content (AvgIpc) is 2.74. The lowest BCUT2D eigenvalue weighted by Gasteiger charge is -2.26. The third-order valence-corrected chi connectivity index (χ3v) is 5.00. The van der Waals surface area contributed by atoms with E-state index in [9.17, 15) is 4.79 Å². The van der Waals surface area contributed by atoms with Crippen LogP contribution in [0.15, 0.2) is 36.4 Å². The van der Waals surface area contributed by atoms with E-state index in [1.807, 2.05) is 32.0 Å². The molecule has 3 rings (SSSR count). The largest absolute Gasteiger partial charge is 0.490 e. The van der Waals surface area contributed by atoms with Gasteiger partial charge < -0.3 is 19.5 Å². The van der Waals surface area contributed by atoms with E-state index in [1.54, 1.807) is 12.1 Å². The fourth-order valence-electron chi connectivity index (χ4n) is 3.27. The monoisotopic (exact) mass is 432 g/mol. The van der Waals surface area contributed by atoms with E-state index in [4.69, 9.17) is 25.8 Å². The number of amides is 1. The molecule has 1 aliphatic heterocycles. The number of anilines is 1. The van der Waals surface area contributed by atoms with Crippen LogP contribution in [0.5, 0.6) is 11.5 Å². The maximum Gasteiger partial charge on any atom is 0.255 e. The third kappa shape index (κ3) is 6.11. The summed E-state index contributed by atoms with van der Waals surface area (Å²) in [4.78, 5) is 15.2. The molecule has 1 fully saturated rings. The zero-order chi connectivity index (χ0) is 21.3. The lowest BCUT2D eigenvalue weighted by Crippen LogP contribution is -2.35. The maximum atomic E-state index is 12.9. The van der Waals surface area contributed by atoms with Crippen molar-refractivity contribution in [2.75, 3.05) is 44.8 Å². The molecule has 0 bridgehead atoms. The molecule has 0 radical (unpaired) electrons. The van der Waals surface area contributed by atoms with Crippen LogP contribution in [-0.2, 0) is 11.3 Å². The van der Waals surface area contributed by atoms with Crippen LogP contribution < -0.4 is 14.8 Å². The minimum absolute atomic E-state index is 0.247. The molecule has 7 heteroatoms. The zero-order valence-corrected chi connectivity index (χ0v) is 18.3. The molecule has 162 valence electrons. The number of halogens is 1. The predicted molar refractivity (Wildman–Crippen MR) is 119 cm³/mol. The van der Waals surface area contributed by atoms with Crippen LogP contribution in [0.3, 0.4) is 0 Å². The number of morpholine rings is 1. The Morgan fingerprint density at radius 3 is 2.70 bits per heavy atom. The van der Waals surface area contributed by atoms with Gasteiger partial charge in [-0.05, 0) is 43.2 Å². The second kappa shape index (κ2) is 11.2. The maximum absolute atomic E-state index is 12.9. The Morgan fingerprint density at radius 2 is 1.97 bits per heavy atom. The first kappa shape index (κ1) is 22.4. The van der Waals surface area contributed by atoms with E-state index in [1.165, 1.54) is 0 Å². The van der Waals surface area contributed by atoms with Gasteiger partial charge in [0.05, 0.1) is 31.5 Å². The summed E-state index contributed by atoms with van der Waals surface area (Å²) in [6, 6.07) is 11.2. The highest BCUT2D eigenvalue weighted by molar-refractivity contribution is 6.32. The Kier molecular flexibility index (Phi) is 8.37. The van der Waals surface area contributed by atoms with Crippen LogP contribution in [-0.4, -0.2) is 50.3 Å². The number of carbonyl (C=O) groups is 1. The summed E-state index contributed by atoms with van der Waals surface area (Å²) >= 11 is 6.39. The highest BCUT2D eigenvalue weighted by Gasteiger charge is 2.17. The summed E-state index contributed by atoms with van der Waals surface area (Å²) in [5.41, 5.74) is 2.31. The zero-order valence-electron chi connectivity index (χ0n) is 17.6. The van der Waals surface area contributed by atoms with Crippen LogP contribution in [0.1, 0.15) is 36.2 Å². The Balaban J connectivity index is 1.72. The van der Waals surface area contributed by atoms with Gasteiger partial charge in [0.2, 0.25) is 0 Å². The smallest absolute Gasteiger partial charge is 0.255 e. The van der Waals surface area contributed by atoms with Crippen LogP contribution in [0.25, 0.3) is 0 Å². The molecular weight excluding hydrogens is 404 g/mol. The van der Waals surface area contributed by atoms with Crippen molar-refractivity contribution in [3.63, 3.8) is 0 Å². The van der Waals surface area contributed by atoms with Crippen LogP contribution in [0, 0.1) is 0 Å². The van der Waals surface area contributed by atoms with Gasteiger partial charge in [-0.1, -0.05) is 30.7 Å². The van der Waals surface area contributed by atoms with Gasteiger partial charge in [0.1, 0.15) is 0 Å². The minimum atomic E-state index is -0.247. The van der Waals surface area contributed by atoms with Crippen LogP contribution in [0.2, 0.25) is 5.02 Å². The molecule has 0 spiro atoms. The molecule has 0 unspecified atom stereocenters. The number of rotatable bonds is 9. The first-order valence-corrected chi connectivity index (χ1v) is 10.8.